The van der Waals surface area contributed by atoms with Gasteiger partial charge < -0.3 is 0 Å². The van der Waals surface area contributed by atoms with Gasteiger partial charge in [-0.25, -0.2) is 0 Å². The molecule has 0 aliphatic rings. The average Bonchev–Trinajstić information content (AvgIpc) is 2.19. The van der Waals surface area contributed by atoms with Crippen molar-refractivity contribution < 1.29 is 0 Å². The van der Waals surface area contributed by atoms with E-state index in [4.69, 9.17) is 0 Å². The van der Waals surface area contributed by atoms with Gasteiger partial charge in [-0.2, -0.15) is 0 Å². The van der Waals surface area contributed by atoms with Crippen molar-refractivity contribution in [2.45, 2.75) is 27.2 Å². The van der Waals surface area contributed by atoms with Gasteiger partial charge in [-0.1, -0.05) is 30.7 Å². The maximum atomic E-state index is 3.82. The van der Waals surface area contributed by atoms with Crippen LogP contribution in [0, 0.1) is 6.92 Å². The Bertz CT molecular complexity index is 300. The second-order valence-electron chi connectivity index (χ2n) is 3.26. The molecule has 1 rings (SSSR count). The molecule has 0 aliphatic carbocycles. The molecule has 1 aromatic carbocycles. The van der Waals surface area contributed by atoms with Crippen molar-refractivity contribution in [3.8, 4) is 0 Å². The number of benzene rings is 1. The van der Waals surface area contributed by atoms with Gasteiger partial charge >= 0.3 is 0 Å². The van der Waals surface area contributed by atoms with E-state index in [1.165, 1.54) is 11.1 Å². The molecule has 0 fully saturated rings. The zero-order chi connectivity index (χ0) is 11.0. The zero-order valence-electron chi connectivity index (χ0n) is 9.38. The molecular formula is C13H19N. The Hall–Kier alpha value is -1.37. The Morgan fingerprint density at radius 2 is 1.86 bits per heavy atom. The predicted molar refractivity (Wildman–Crippen MR) is 65.5 cm³/mol. The second-order valence-corrected chi connectivity index (χ2v) is 3.26. The van der Waals surface area contributed by atoms with Crippen LogP contribution in [-0.4, -0.2) is 6.72 Å². The van der Waals surface area contributed by atoms with Crippen LogP contribution in [0.25, 0.3) is 0 Å². The molecule has 0 atom stereocenters. The molecule has 0 heterocycles. The van der Waals surface area contributed by atoms with Gasteiger partial charge in [0.25, 0.3) is 0 Å². The molecule has 0 saturated heterocycles. The number of rotatable bonds is 2. The minimum absolute atomic E-state index is 0.970. The number of allylic oxidation sites excluding steroid dienone is 1. The lowest BCUT2D eigenvalue weighted by Gasteiger charge is -1.94. The summed E-state index contributed by atoms with van der Waals surface area (Å²) in [6.07, 6.45) is 1.11. The van der Waals surface area contributed by atoms with Gasteiger partial charge in [-0.3, -0.25) is 4.99 Å². The average molecular weight is 189 g/mol. The van der Waals surface area contributed by atoms with E-state index in [1.807, 2.05) is 38.1 Å². The monoisotopic (exact) mass is 189 g/mol. The molecule has 14 heavy (non-hydrogen) atoms. The third-order valence-corrected chi connectivity index (χ3v) is 1.89. The Balaban J connectivity index is 0.000000292. The Kier molecular flexibility index (Phi) is 6.38. The van der Waals surface area contributed by atoms with E-state index >= 15 is 0 Å². The molecule has 1 aromatic rings. The smallest absolute Gasteiger partial charge is 0.0651 e. The van der Waals surface area contributed by atoms with E-state index in [9.17, 15) is 0 Å². The zero-order valence-corrected chi connectivity index (χ0v) is 9.38. The van der Waals surface area contributed by atoms with Crippen LogP contribution in [0.4, 0.5) is 5.69 Å². The van der Waals surface area contributed by atoms with Crippen LogP contribution >= 0.6 is 0 Å². The van der Waals surface area contributed by atoms with E-state index in [2.05, 4.69) is 25.2 Å². The van der Waals surface area contributed by atoms with Crippen molar-refractivity contribution in [2.75, 3.05) is 0 Å². The van der Waals surface area contributed by atoms with Crippen molar-refractivity contribution >= 4 is 12.4 Å². The highest BCUT2D eigenvalue weighted by molar-refractivity contribution is 5.50. The van der Waals surface area contributed by atoms with Crippen LogP contribution in [0.1, 0.15) is 25.8 Å². The van der Waals surface area contributed by atoms with Crippen LogP contribution in [-0.2, 0) is 0 Å². The molecule has 0 bridgehead atoms. The maximum absolute atomic E-state index is 3.82. The molecule has 0 aromatic heterocycles. The Labute approximate surface area is 87.2 Å². The lowest BCUT2D eigenvalue weighted by molar-refractivity contribution is 1.11. The van der Waals surface area contributed by atoms with E-state index < -0.39 is 0 Å². The molecule has 0 N–H and O–H groups in total. The number of aryl methyl sites for hydroxylation is 1. The molecule has 76 valence electrons. The van der Waals surface area contributed by atoms with Crippen molar-refractivity contribution in [1.29, 1.82) is 0 Å². The Morgan fingerprint density at radius 1 is 1.36 bits per heavy atom. The third-order valence-electron chi connectivity index (χ3n) is 1.89. The number of aliphatic imine (C=N–C) groups is 1. The molecule has 0 saturated carbocycles. The van der Waals surface area contributed by atoms with Crippen LogP contribution in [0.2, 0.25) is 0 Å². The first-order chi connectivity index (χ1) is 6.61. The topological polar surface area (TPSA) is 12.4 Å². The molecule has 1 nitrogen and oxygen atoms in total. The number of para-hydroxylation sites is 1. The van der Waals surface area contributed by atoms with Gasteiger partial charge in [-0.15, -0.1) is 6.58 Å². The van der Waals surface area contributed by atoms with Crippen molar-refractivity contribution in [3.63, 3.8) is 0 Å². The maximum Gasteiger partial charge on any atom is 0.0651 e. The summed E-state index contributed by atoms with van der Waals surface area (Å²) in [5.74, 6) is 0. The van der Waals surface area contributed by atoms with Crippen molar-refractivity contribution in [1.82, 2.24) is 0 Å². The summed E-state index contributed by atoms with van der Waals surface area (Å²) < 4.78 is 0. The fourth-order valence-corrected chi connectivity index (χ4v) is 0.741. The molecule has 0 amide bonds. The predicted octanol–water partition coefficient (Wildman–Crippen LogP) is 4.30. The van der Waals surface area contributed by atoms with Crippen LogP contribution in [0.15, 0.2) is 41.4 Å². The summed E-state index contributed by atoms with van der Waals surface area (Å²) in [6.45, 7) is 13.3. The number of nitrogens with zero attached hydrogens (tertiary/aromatic N) is 1. The summed E-state index contributed by atoms with van der Waals surface area (Å²) in [7, 11) is 0. The number of hydrogen-bond donors (Lipinski definition) is 0. The highest BCUT2D eigenvalue weighted by Crippen LogP contribution is 2.15. The summed E-state index contributed by atoms with van der Waals surface area (Å²) >= 11 is 0. The lowest BCUT2D eigenvalue weighted by atomic mass is 10.2. The van der Waals surface area contributed by atoms with Gasteiger partial charge in [0.15, 0.2) is 0 Å². The van der Waals surface area contributed by atoms with Gasteiger partial charge in [0.05, 0.1) is 5.69 Å². The van der Waals surface area contributed by atoms with E-state index in [0.29, 0.717) is 0 Å². The van der Waals surface area contributed by atoms with Crippen molar-refractivity contribution in [3.05, 3.63) is 42.0 Å². The number of hydrogen-bond acceptors (Lipinski definition) is 1. The molecular weight excluding hydrogens is 170 g/mol. The quantitative estimate of drug-likeness (QED) is 0.486. The summed E-state index contributed by atoms with van der Waals surface area (Å²) in [4.78, 5) is 3.82. The lowest BCUT2D eigenvalue weighted by Crippen LogP contribution is -1.69. The molecule has 1 heteroatoms. The first-order valence-electron chi connectivity index (χ1n) is 4.78. The minimum atomic E-state index is 0.970. The van der Waals surface area contributed by atoms with Gasteiger partial charge in [0, 0.05) is 0 Å². The normalized spacial score (nSPS) is 8.50. The molecule has 0 spiro atoms. The van der Waals surface area contributed by atoms with Gasteiger partial charge in [0.2, 0.25) is 0 Å². The summed E-state index contributed by atoms with van der Waals surface area (Å²) in [5, 5.41) is 0. The summed E-state index contributed by atoms with van der Waals surface area (Å²) in [6, 6.07) is 7.91. The van der Waals surface area contributed by atoms with E-state index in [-0.39, 0.29) is 0 Å². The van der Waals surface area contributed by atoms with Crippen molar-refractivity contribution in [2.24, 2.45) is 4.99 Å². The van der Waals surface area contributed by atoms with Gasteiger partial charge in [-0.05, 0) is 38.6 Å². The molecule has 0 radical (unpaired) electrons. The first kappa shape index (κ1) is 12.6. The molecule has 0 unspecified atom stereocenters. The highest BCUT2D eigenvalue weighted by atomic mass is 14.7. The van der Waals surface area contributed by atoms with Crippen LogP contribution in [0.5, 0.6) is 0 Å². The second kappa shape index (κ2) is 7.07. The Morgan fingerprint density at radius 3 is 2.14 bits per heavy atom. The molecule has 0 aliphatic heterocycles. The first-order valence-corrected chi connectivity index (χ1v) is 4.78. The largest absolute Gasteiger partial charge is 0.264 e. The minimum Gasteiger partial charge on any atom is -0.264 e. The fraction of sp³-hybridized carbons (Fsp3) is 0.308. The van der Waals surface area contributed by atoms with E-state index in [0.717, 1.165) is 12.1 Å². The third kappa shape index (κ3) is 5.31. The van der Waals surface area contributed by atoms with Crippen LogP contribution in [0.3, 0.4) is 0 Å². The van der Waals surface area contributed by atoms with E-state index in [1.54, 1.807) is 0 Å². The standard InChI is InChI=1S/C8H9N.C5H10/c1-7-5-3-4-6-8(7)9-2;1-4-5(2)3/h3-6H,2H2,1H3;2,4H2,1,3H3. The SMILES string of the molecule is C=C(C)CC.C=Nc1ccccc1C. The van der Waals surface area contributed by atoms with Crippen LogP contribution < -0.4 is 0 Å². The van der Waals surface area contributed by atoms with Gasteiger partial charge in [0.1, 0.15) is 0 Å². The highest BCUT2D eigenvalue weighted by Gasteiger charge is 1.88. The fourth-order valence-electron chi connectivity index (χ4n) is 0.741. The summed E-state index contributed by atoms with van der Waals surface area (Å²) in [5.41, 5.74) is 3.40.